The molecule has 2 bridgehead atoms. The minimum absolute atomic E-state index is 0.282. The molecule has 6 heteroatoms. The summed E-state index contributed by atoms with van der Waals surface area (Å²) in [4.78, 5) is 23.7. The molecule has 1 saturated heterocycles. The summed E-state index contributed by atoms with van der Waals surface area (Å²) in [6.45, 7) is 0.351. The lowest BCUT2D eigenvalue weighted by atomic mass is 9.82. The molecule has 2 aliphatic rings. The quantitative estimate of drug-likeness (QED) is 0.810. The molecule has 5 nitrogen and oxygen atoms in total. The molecule has 0 radical (unpaired) electrons. The summed E-state index contributed by atoms with van der Waals surface area (Å²) in [5.41, 5.74) is 0.942. The summed E-state index contributed by atoms with van der Waals surface area (Å²) < 4.78 is 6.40. The highest BCUT2D eigenvalue weighted by molar-refractivity contribution is 9.10. The second-order valence-corrected chi connectivity index (χ2v) is 6.00. The first-order valence-electron chi connectivity index (χ1n) is 6.65. The van der Waals surface area contributed by atoms with Gasteiger partial charge in [0.25, 0.3) is 0 Å². The number of aliphatic carboxylic acids is 1. The van der Waals surface area contributed by atoms with E-state index in [9.17, 15) is 14.7 Å². The number of carbonyl (C=O) groups excluding carboxylic acids is 1. The van der Waals surface area contributed by atoms with Gasteiger partial charge in [-0.15, -0.1) is 0 Å². The van der Waals surface area contributed by atoms with Crippen LogP contribution in [-0.4, -0.2) is 29.2 Å². The van der Waals surface area contributed by atoms with Crippen LogP contribution in [0, 0.1) is 11.8 Å². The van der Waals surface area contributed by atoms with Crippen molar-refractivity contribution in [3.05, 3.63) is 46.5 Å². The predicted molar refractivity (Wildman–Crippen MR) is 78.4 cm³/mol. The third-order valence-electron chi connectivity index (χ3n) is 3.90. The molecule has 110 valence electrons. The van der Waals surface area contributed by atoms with E-state index in [1.807, 2.05) is 24.3 Å². The van der Waals surface area contributed by atoms with Crippen molar-refractivity contribution in [1.82, 2.24) is 5.32 Å². The molecule has 21 heavy (non-hydrogen) atoms. The lowest BCUT2D eigenvalue weighted by Gasteiger charge is -2.21. The molecule has 1 aromatic carbocycles. The maximum atomic E-state index is 12.3. The van der Waals surface area contributed by atoms with Gasteiger partial charge in [-0.2, -0.15) is 0 Å². The summed E-state index contributed by atoms with van der Waals surface area (Å²) in [5, 5.41) is 12.1. The van der Waals surface area contributed by atoms with Crippen molar-refractivity contribution in [1.29, 1.82) is 0 Å². The second kappa shape index (κ2) is 5.61. The summed E-state index contributed by atoms with van der Waals surface area (Å²) in [6, 6.07) is 7.57. The molecule has 1 amide bonds. The van der Waals surface area contributed by atoms with Gasteiger partial charge in [0.2, 0.25) is 5.91 Å². The highest BCUT2D eigenvalue weighted by Crippen LogP contribution is 2.39. The van der Waals surface area contributed by atoms with Gasteiger partial charge >= 0.3 is 5.97 Å². The number of rotatable bonds is 4. The number of hydrogen-bond acceptors (Lipinski definition) is 3. The van der Waals surface area contributed by atoms with Gasteiger partial charge in [0.05, 0.1) is 18.1 Å². The summed E-state index contributed by atoms with van der Waals surface area (Å²) in [5.74, 6) is -2.75. The fraction of sp³-hybridized carbons (Fsp3) is 0.333. The number of nitrogens with one attached hydrogen (secondary N) is 1. The normalized spacial score (nSPS) is 29.6. The van der Waals surface area contributed by atoms with Crippen molar-refractivity contribution in [2.24, 2.45) is 11.8 Å². The van der Waals surface area contributed by atoms with Crippen molar-refractivity contribution in [2.75, 3.05) is 0 Å². The maximum absolute atomic E-state index is 12.3. The van der Waals surface area contributed by atoms with E-state index >= 15 is 0 Å². The van der Waals surface area contributed by atoms with E-state index in [-0.39, 0.29) is 5.91 Å². The molecule has 1 fully saturated rings. The van der Waals surface area contributed by atoms with Gasteiger partial charge < -0.3 is 15.2 Å². The standard InChI is InChI=1S/C15H14BrNO4/c16-9-4-2-1-3-8(9)7-17-14(18)12-10-5-6-11(21-10)13(12)15(19)20/h1-6,10-13H,7H2,(H,17,18)(H,19,20)/t10-,11-,12-,13-/m0/s1. The van der Waals surface area contributed by atoms with E-state index in [2.05, 4.69) is 21.2 Å². The van der Waals surface area contributed by atoms with Crippen LogP contribution in [-0.2, 0) is 20.9 Å². The molecule has 1 aromatic rings. The molecule has 2 aliphatic heterocycles. The van der Waals surface area contributed by atoms with Crippen molar-refractivity contribution >= 4 is 27.8 Å². The van der Waals surface area contributed by atoms with E-state index < -0.39 is 30.0 Å². The van der Waals surface area contributed by atoms with Crippen LogP contribution in [0.4, 0.5) is 0 Å². The maximum Gasteiger partial charge on any atom is 0.310 e. The van der Waals surface area contributed by atoms with Gasteiger partial charge in [0.1, 0.15) is 5.92 Å². The highest BCUT2D eigenvalue weighted by atomic mass is 79.9. The average Bonchev–Trinajstić information content (AvgIpc) is 3.06. The molecule has 0 aliphatic carbocycles. The monoisotopic (exact) mass is 351 g/mol. The second-order valence-electron chi connectivity index (χ2n) is 5.15. The Bertz CT molecular complexity index is 615. The minimum atomic E-state index is -0.993. The Morgan fingerprint density at radius 2 is 1.86 bits per heavy atom. The molecule has 4 atom stereocenters. The van der Waals surface area contributed by atoms with Gasteiger partial charge in [-0.3, -0.25) is 9.59 Å². The van der Waals surface area contributed by atoms with Crippen LogP contribution in [0.1, 0.15) is 5.56 Å². The molecule has 3 rings (SSSR count). The van der Waals surface area contributed by atoms with Crippen LogP contribution >= 0.6 is 15.9 Å². The van der Waals surface area contributed by atoms with Gasteiger partial charge in [-0.25, -0.2) is 0 Å². The van der Waals surface area contributed by atoms with Crippen molar-refractivity contribution < 1.29 is 19.4 Å². The van der Waals surface area contributed by atoms with Crippen LogP contribution in [0.2, 0.25) is 0 Å². The zero-order valence-electron chi connectivity index (χ0n) is 11.0. The third kappa shape index (κ3) is 2.61. The number of hydrogen-bond donors (Lipinski definition) is 2. The molecular weight excluding hydrogens is 338 g/mol. The Balaban J connectivity index is 1.69. The number of carboxylic acids is 1. The van der Waals surface area contributed by atoms with E-state index in [0.717, 1.165) is 10.0 Å². The molecule has 0 aromatic heterocycles. The van der Waals surface area contributed by atoms with E-state index in [0.29, 0.717) is 6.54 Å². The van der Waals surface area contributed by atoms with E-state index in [1.54, 1.807) is 12.2 Å². The molecule has 2 N–H and O–H groups in total. The van der Waals surface area contributed by atoms with Gasteiger partial charge in [-0.1, -0.05) is 46.3 Å². The summed E-state index contributed by atoms with van der Waals surface area (Å²) in [7, 11) is 0. The topological polar surface area (TPSA) is 75.6 Å². The molecular formula is C15H14BrNO4. The number of ether oxygens (including phenoxy) is 1. The molecule has 0 unspecified atom stereocenters. The van der Waals surface area contributed by atoms with Gasteiger partial charge in [0, 0.05) is 11.0 Å². The number of carboxylic acid groups (broad SMARTS) is 1. The average molecular weight is 352 g/mol. The lowest BCUT2D eigenvalue weighted by Crippen LogP contribution is -2.42. The van der Waals surface area contributed by atoms with Gasteiger partial charge in [-0.05, 0) is 11.6 Å². The number of fused-ring (bicyclic) bond motifs is 2. The van der Waals surface area contributed by atoms with Crippen LogP contribution < -0.4 is 5.32 Å². The first-order valence-corrected chi connectivity index (χ1v) is 7.45. The minimum Gasteiger partial charge on any atom is -0.481 e. The third-order valence-corrected chi connectivity index (χ3v) is 4.67. The first kappa shape index (κ1) is 14.3. The van der Waals surface area contributed by atoms with E-state index in [4.69, 9.17) is 4.74 Å². The Hall–Kier alpha value is -1.66. The fourth-order valence-corrected chi connectivity index (χ4v) is 3.28. The molecule has 0 spiro atoms. The largest absolute Gasteiger partial charge is 0.481 e. The van der Waals surface area contributed by atoms with Crippen LogP contribution in [0.25, 0.3) is 0 Å². The van der Waals surface area contributed by atoms with Crippen molar-refractivity contribution in [3.63, 3.8) is 0 Å². The molecule has 0 saturated carbocycles. The Morgan fingerprint density at radius 3 is 2.52 bits per heavy atom. The van der Waals surface area contributed by atoms with Crippen molar-refractivity contribution in [2.45, 2.75) is 18.8 Å². The number of carbonyl (C=O) groups is 2. The summed E-state index contributed by atoms with van der Waals surface area (Å²) >= 11 is 3.42. The van der Waals surface area contributed by atoms with Crippen molar-refractivity contribution in [3.8, 4) is 0 Å². The Kier molecular flexibility index (Phi) is 3.82. The zero-order chi connectivity index (χ0) is 15.0. The van der Waals surface area contributed by atoms with Crippen LogP contribution in [0.5, 0.6) is 0 Å². The predicted octanol–water partition coefficient (Wildman–Crippen LogP) is 1.72. The first-order chi connectivity index (χ1) is 10.1. The smallest absolute Gasteiger partial charge is 0.310 e. The zero-order valence-corrected chi connectivity index (χ0v) is 12.6. The number of amides is 1. The highest BCUT2D eigenvalue weighted by Gasteiger charge is 2.53. The molecule has 2 heterocycles. The Morgan fingerprint density at radius 1 is 1.19 bits per heavy atom. The van der Waals surface area contributed by atoms with Gasteiger partial charge in [0.15, 0.2) is 0 Å². The Labute approximate surface area is 130 Å². The van der Waals surface area contributed by atoms with E-state index in [1.165, 1.54) is 0 Å². The lowest BCUT2D eigenvalue weighted by molar-refractivity contribution is -0.146. The van der Waals surface area contributed by atoms with Crippen LogP contribution in [0.3, 0.4) is 0 Å². The van der Waals surface area contributed by atoms with Crippen LogP contribution in [0.15, 0.2) is 40.9 Å². The fourth-order valence-electron chi connectivity index (χ4n) is 2.86. The SMILES string of the molecule is O=C(O)[C@@H]1[C@@H](C(=O)NCc2ccccc2Br)[C@@H]2C=C[C@@H]1O2. The summed E-state index contributed by atoms with van der Waals surface area (Å²) in [6.07, 6.45) is 2.57. The number of halogens is 1. The number of benzene rings is 1.